The Bertz CT molecular complexity index is 454. The molecule has 4 heteroatoms. The largest absolute Gasteiger partial charge is 0.491 e. The van der Waals surface area contributed by atoms with Crippen molar-refractivity contribution in [1.29, 1.82) is 0 Å². The van der Waals surface area contributed by atoms with Crippen LogP contribution in [0.1, 0.15) is 51.2 Å². The highest BCUT2D eigenvalue weighted by atomic mass is 19.2. The molecule has 1 aliphatic carbocycles. The highest BCUT2D eigenvalue weighted by molar-refractivity contribution is 5.32. The van der Waals surface area contributed by atoms with Crippen LogP contribution < -0.4 is 4.74 Å². The van der Waals surface area contributed by atoms with E-state index in [1.807, 2.05) is 0 Å². The van der Waals surface area contributed by atoms with Crippen LogP contribution in [-0.4, -0.2) is 11.7 Å². The summed E-state index contributed by atoms with van der Waals surface area (Å²) in [7, 11) is 0. The number of ether oxygens (including phenoxy) is 1. The zero-order chi connectivity index (χ0) is 14.7. The summed E-state index contributed by atoms with van der Waals surface area (Å²) in [6, 6.07) is 2.83. The second kappa shape index (κ2) is 6.53. The monoisotopic (exact) mass is 284 g/mol. The first kappa shape index (κ1) is 15.2. The van der Waals surface area contributed by atoms with Gasteiger partial charge in [0, 0.05) is 5.56 Å². The maximum absolute atomic E-state index is 14.1. The van der Waals surface area contributed by atoms with Crippen molar-refractivity contribution in [2.75, 3.05) is 6.61 Å². The van der Waals surface area contributed by atoms with Gasteiger partial charge in [0.15, 0.2) is 11.6 Å². The van der Waals surface area contributed by atoms with Crippen molar-refractivity contribution in [1.82, 2.24) is 0 Å². The van der Waals surface area contributed by atoms with E-state index in [4.69, 9.17) is 4.74 Å². The third-order valence-corrected chi connectivity index (χ3v) is 4.20. The summed E-state index contributed by atoms with van der Waals surface area (Å²) in [6.45, 7) is 4.17. The lowest BCUT2D eigenvalue weighted by Crippen LogP contribution is -2.20. The van der Waals surface area contributed by atoms with Crippen molar-refractivity contribution in [2.45, 2.75) is 45.6 Å². The fraction of sp³-hybridized carbons (Fsp3) is 0.625. The molecule has 0 aromatic heterocycles. The minimum Gasteiger partial charge on any atom is -0.491 e. The highest BCUT2D eigenvalue weighted by Gasteiger charge is 2.29. The highest BCUT2D eigenvalue weighted by Crippen LogP contribution is 2.38. The number of benzene rings is 1. The van der Waals surface area contributed by atoms with Crippen LogP contribution in [0.15, 0.2) is 12.1 Å². The molecular weight excluding hydrogens is 262 g/mol. The van der Waals surface area contributed by atoms with Crippen LogP contribution in [0, 0.1) is 23.5 Å². The Labute approximate surface area is 118 Å². The molecule has 1 unspecified atom stereocenters. The molecule has 112 valence electrons. The average Bonchev–Trinajstić information content (AvgIpc) is 2.44. The first-order chi connectivity index (χ1) is 9.54. The Balaban J connectivity index is 2.17. The molecule has 0 aliphatic heterocycles. The standard InChI is InChI=1S/C16H22F2O2/c1-3-20-13-9-8-12(14(17)15(13)18)16(19)11-6-4-10(2)5-7-11/h8-11,16,19H,3-7H2,1-2H3. The van der Waals surface area contributed by atoms with E-state index in [1.54, 1.807) is 6.92 Å². The molecule has 0 bridgehead atoms. The van der Waals surface area contributed by atoms with Gasteiger partial charge in [-0.2, -0.15) is 4.39 Å². The predicted octanol–water partition coefficient (Wildman–Crippen LogP) is 4.22. The summed E-state index contributed by atoms with van der Waals surface area (Å²) in [4.78, 5) is 0. The SMILES string of the molecule is CCOc1ccc(C(O)C2CCC(C)CC2)c(F)c1F. The molecule has 1 fully saturated rings. The lowest BCUT2D eigenvalue weighted by atomic mass is 9.78. The minimum atomic E-state index is -1.01. The van der Waals surface area contributed by atoms with Gasteiger partial charge in [-0.25, -0.2) is 4.39 Å². The number of hydrogen-bond acceptors (Lipinski definition) is 2. The molecule has 1 saturated carbocycles. The molecule has 1 N–H and O–H groups in total. The van der Waals surface area contributed by atoms with Crippen molar-refractivity contribution in [3.63, 3.8) is 0 Å². The molecule has 0 spiro atoms. The fourth-order valence-electron chi connectivity index (χ4n) is 2.90. The summed E-state index contributed by atoms with van der Waals surface area (Å²) < 4.78 is 32.9. The van der Waals surface area contributed by atoms with Gasteiger partial charge in [-0.1, -0.05) is 19.8 Å². The zero-order valence-electron chi connectivity index (χ0n) is 12.0. The molecule has 1 aromatic carbocycles. The number of halogens is 2. The van der Waals surface area contributed by atoms with Gasteiger partial charge in [-0.3, -0.25) is 0 Å². The topological polar surface area (TPSA) is 29.5 Å². The van der Waals surface area contributed by atoms with E-state index < -0.39 is 17.7 Å². The number of aliphatic hydroxyl groups excluding tert-OH is 1. The van der Waals surface area contributed by atoms with Crippen LogP contribution in [0.3, 0.4) is 0 Å². The van der Waals surface area contributed by atoms with Gasteiger partial charge in [0.1, 0.15) is 0 Å². The molecule has 1 atom stereocenters. The second-order valence-electron chi connectivity index (χ2n) is 5.68. The van der Waals surface area contributed by atoms with Gasteiger partial charge in [-0.15, -0.1) is 0 Å². The molecule has 2 nitrogen and oxygen atoms in total. The quantitative estimate of drug-likeness (QED) is 0.897. The lowest BCUT2D eigenvalue weighted by Gasteiger charge is -2.30. The molecule has 0 amide bonds. The molecule has 20 heavy (non-hydrogen) atoms. The Morgan fingerprint density at radius 1 is 1.20 bits per heavy atom. The van der Waals surface area contributed by atoms with Crippen LogP contribution >= 0.6 is 0 Å². The summed E-state index contributed by atoms with van der Waals surface area (Å²) in [5.74, 6) is -1.42. The number of rotatable bonds is 4. The molecule has 0 saturated heterocycles. The summed E-state index contributed by atoms with van der Waals surface area (Å²) in [5, 5.41) is 10.3. The van der Waals surface area contributed by atoms with Crippen LogP contribution in [-0.2, 0) is 0 Å². The average molecular weight is 284 g/mol. The first-order valence-corrected chi connectivity index (χ1v) is 7.33. The lowest BCUT2D eigenvalue weighted by molar-refractivity contribution is 0.0718. The van der Waals surface area contributed by atoms with E-state index >= 15 is 0 Å². The molecule has 1 aliphatic rings. The van der Waals surface area contributed by atoms with Gasteiger partial charge >= 0.3 is 0 Å². The van der Waals surface area contributed by atoms with Gasteiger partial charge in [0.2, 0.25) is 5.82 Å². The maximum Gasteiger partial charge on any atom is 0.200 e. The Hall–Kier alpha value is -1.16. The van der Waals surface area contributed by atoms with Crippen molar-refractivity contribution < 1.29 is 18.6 Å². The molecule has 0 radical (unpaired) electrons. The van der Waals surface area contributed by atoms with Gasteiger partial charge < -0.3 is 9.84 Å². The first-order valence-electron chi connectivity index (χ1n) is 7.33. The predicted molar refractivity (Wildman–Crippen MR) is 73.6 cm³/mol. The second-order valence-corrected chi connectivity index (χ2v) is 5.68. The third kappa shape index (κ3) is 3.11. The zero-order valence-corrected chi connectivity index (χ0v) is 12.0. The Morgan fingerprint density at radius 2 is 1.85 bits per heavy atom. The summed E-state index contributed by atoms with van der Waals surface area (Å²) in [6.07, 6.45) is 2.84. The van der Waals surface area contributed by atoms with Crippen LogP contribution in [0.25, 0.3) is 0 Å². The Morgan fingerprint density at radius 3 is 2.45 bits per heavy atom. The van der Waals surface area contributed by atoms with E-state index in [0.29, 0.717) is 5.92 Å². The maximum atomic E-state index is 14.1. The summed E-state index contributed by atoms with van der Waals surface area (Å²) in [5.41, 5.74) is 0.0468. The van der Waals surface area contributed by atoms with Crippen LogP contribution in [0.2, 0.25) is 0 Å². The van der Waals surface area contributed by atoms with E-state index in [2.05, 4.69) is 6.92 Å². The van der Waals surface area contributed by atoms with Crippen molar-refractivity contribution >= 4 is 0 Å². The van der Waals surface area contributed by atoms with Crippen molar-refractivity contribution in [2.24, 2.45) is 11.8 Å². The third-order valence-electron chi connectivity index (χ3n) is 4.20. The number of hydrogen-bond donors (Lipinski definition) is 1. The molecule has 0 heterocycles. The van der Waals surface area contributed by atoms with Gasteiger partial charge in [0.05, 0.1) is 12.7 Å². The molecular formula is C16H22F2O2. The van der Waals surface area contributed by atoms with Crippen molar-refractivity contribution in [3.05, 3.63) is 29.3 Å². The molecule has 2 rings (SSSR count). The van der Waals surface area contributed by atoms with E-state index in [1.165, 1.54) is 12.1 Å². The minimum absolute atomic E-state index is 0.0121. The smallest absolute Gasteiger partial charge is 0.200 e. The van der Waals surface area contributed by atoms with Gasteiger partial charge in [-0.05, 0) is 43.7 Å². The fourth-order valence-corrected chi connectivity index (χ4v) is 2.90. The van der Waals surface area contributed by atoms with E-state index in [-0.39, 0.29) is 23.8 Å². The van der Waals surface area contributed by atoms with Crippen LogP contribution in [0.5, 0.6) is 5.75 Å². The molecule has 1 aromatic rings. The summed E-state index contributed by atoms with van der Waals surface area (Å²) >= 11 is 0. The van der Waals surface area contributed by atoms with Crippen LogP contribution in [0.4, 0.5) is 8.78 Å². The van der Waals surface area contributed by atoms with Gasteiger partial charge in [0.25, 0.3) is 0 Å². The van der Waals surface area contributed by atoms with E-state index in [9.17, 15) is 13.9 Å². The normalized spacial score (nSPS) is 24.4. The van der Waals surface area contributed by atoms with E-state index in [0.717, 1.165) is 25.7 Å². The Kier molecular flexibility index (Phi) is 4.97. The number of aliphatic hydroxyl groups is 1. The van der Waals surface area contributed by atoms with Crippen molar-refractivity contribution in [3.8, 4) is 5.75 Å².